The molecule has 0 spiro atoms. The van der Waals surface area contributed by atoms with Crippen LogP contribution in [0, 0.1) is 12.8 Å². The topological polar surface area (TPSA) is 37.3 Å². The lowest BCUT2D eigenvalue weighted by atomic mass is 9.76. The number of aliphatic carboxylic acids is 1. The normalized spacial score (nSPS) is 19.6. The molecule has 0 unspecified atom stereocenters. The summed E-state index contributed by atoms with van der Waals surface area (Å²) in [6, 6.07) is 6.85. The standard InChI is InChI=1S/C26H42O2/c1-3-4-5-6-7-8-9-11-22-14-17-24(18-15-22)25-19-16-23(20-21(25)2)12-10-13-26(27)28/h16,19-20,22,24H,3-15,17-18H2,1-2H3,(H,27,28). The SMILES string of the molecule is CCCCCCCCCC1CCC(c2ccc(CCCC(=O)O)cc2C)CC1. The summed E-state index contributed by atoms with van der Waals surface area (Å²) in [6.45, 7) is 4.52. The van der Waals surface area contributed by atoms with Gasteiger partial charge in [-0.2, -0.15) is 0 Å². The van der Waals surface area contributed by atoms with Crippen LogP contribution in [0.4, 0.5) is 0 Å². The lowest BCUT2D eigenvalue weighted by molar-refractivity contribution is -0.137. The zero-order valence-electron chi connectivity index (χ0n) is 18.3. The highest BCUT2D eigenvalue weighted by Gasteiger charge is 2.23. The third-order valence-electron chi connectivity index (χ3n) is 6.69. The zero-order chi connectivity index (χ0) is 20.2. The molecule has 0 amide bonds. The van der Waals surface area contributed by atoms with Gasteiger partial charge in [0.05, 0.1) is 0 Å². The summed E-state index contributed by atoms with van der Waals surface area (Å²) >= 11 is 0. The number of carbonyl (C=O) groups is 1. The molecule has 0 atom stereocenters. The Morgan fingerprint density at radius 2 is 1.64 bits per heavy atom. The first-order chi connectivity index (χ1) is 13.6. The van der Waals surface area contributed by atoms with E-state index in [9.17, 15) is 4.79 Å². The molecule has 2 nitrogen and oxygen atoms in total. The quantitative estimate of drug-likeness (QED) is 0.351. The van der Waals surface area contributed by atoms with Crippen molar-refractivity contribution < 1.29 is 9.90 Å². The second-order valence-electron chi connectivity index (χ2n) is 9.07. The van der Waals surface area contributed by atoms with E-state index in [2.05, 4.69) is 32.0 Å². The molecule has 158 valence electrons. The van der Waals surface area contributed by atoms with Crippen LogP contribution in [0.25, 0.3) is 0 Å². The number of carboxylic acid groups (broad SMARTS) is 1. The summed E-state index contributed by atoms with van der Waals surface area (Å²) in [5, 5.41) is 8.79. The van der Waals surface area contributed by atoms with Crippen molar-refractivity contribution in [3.05, 3.63) is 34.9 Å². The monoisotopic (exact) mass is 386 g/mol. The fraction of sp³-hybridized carbons (Fsp3) is 0.731. The molecule has 0 bridgehead atoms. The minimum Gasteiger partial charge on any atom is -0.481 e. The Kier molecular flexibility index (Phi) is 10.7. The maximum atomic E-state index is 10.7. The van der Waals surface area contributed by atoms with Gasteiger partial charge in [0.1, 0.15) is 0 Å². The lowest BCUT2D eigenvalue weighted by Crippen LogP contribution is -2.14. The molecule has 0 aliphatic heterocycles. The molecule has 28 heavy (non-hydrogen) atoms. The van der Waals surface area contributed by atoms with Gasteiger partial charge in [0, 0.05) is 6.42 Å². The van der Waals surface area contributed by atoms with E-state index in [1.54, 1.807) is 0 Å². The summed E-state index contributed by atoms with van der Waals surface area (Å²) in [4.78, 5) is 10.7. The van der Waals surface area contributed by atoms with Gasteiger partial charge in [-0.25, -0.2) is 0 Å². The first-order valence-corrected chi connectivity index (χ1v) is 11.9. The fourth-order valence-electron chi connectivity index (χ4n) is 4.95. The van der Waals surface area contributed by atoms with Gasteiger partial charge in [-0.05, 0) is 74.0 Å². The second kappa shape index (κ2) is 13.0. The zero-order valence-corrected chi connectivity index (χ0v) is 18.3. The number of hydrogen-bond acceptors (Lipinski definition) is 1. The Labute approximate surface area is 173 Å². The Balaban J connectivity index is 1.67. The van der Waals surface area contributed by atoms with Crippen molar-refractivity contribution in [2.45, 2.75) is 116 Å². The van der Waals surface area contributed by atoms with E-state index in [1.807, 2.05) is 0 Å². The van der Waals surface area contributed by atoms with Gasteiger partial charge < -0.3 is 5.11 Å². The first kappa shape index (κ1) is 23.0. The molecule has 2 heteroatoms. The summed E-state index contributed by atoms with van der Waals surface area (Å²) in [7, 11) is 0. The van der Waals surface area contributed by atoms with E-state index in [0.29, 0.717) is 0 Å². The molecule has 1 aliphatic carbocycles. The maximum absolute atomic E-state index is 10.7. The molecule has 1 fully saturated rings. The predicted octanol–water partition coefficient (Wildman–Crippen LogP) is 7.82. The Morgan fingerprint density at radius 1 is 0.964 bits per heavy atom. The number of aryl methyl sites for hydroxylation is 2. The van der Waals surface area contributed by atoms with Gasteiger partial charge in [0.2, 0.25) is 0 Å². The summed E-state index contributed by atoms with van der Waals surface area (Å²) in [5.41, 5.74) is 4.23. The van der Waals surface area contributed by atoms with E-state index in [-0.39, 0.29) is 6.42 Å². The molecule has 1 aromatic carbocycles. The molecule has 0 heterocycles. The summed E-state index contributed by atoms with van der Waals surface area (Å²) < 4.78 is 0. The smallest absolute Gasteiger partial charge is 0.303 e. The number of benzene rings is 1. The second-order valence-corrected chi connectivity index (χ2v) is 9.07. The molecular formula is C26H42O2. The number of hydrogen-bond donors (Lipinski definition) is 1. The highest BCUT2D eigenvalue weighted by atomic mass is 16.4. The number of carboxylic acids is 1. The van der Waals surface area contributed by atoms with Crippen LogP contribution >= 0.6 is 0 Å². The molecule has 2 rings (SSSR count). The van der Waals surface area contributed by atoms with Gasteiger partial charge in [-0.15, -0.1) is 0 Å². The molecule has 1 aliphatic rings. The van der Waals surface area contributed by atoms with Gasteiger partial charge in [0.15, 0.2) is 0 Å². The third kappa shape index (κ3) is 8.37. The highest BCUT2D eigenvalue weighted by Crippen LogP contribution is 2.39. The minimum absolute atomic E-state index is 0.267. The van der Waals surface area contributed by atoms with E-state index < -0.39 is 5.97 Å². The average molecular weight is 387 g/mol. The lowest BCUT2D eigenvalue weighted by Gasteiger charge is -2.30. The maximum Gasteiger partial charge on any atom is 0.303 e. The van der Waals surface area contributed by atoms with Crippen LogP contribution in [-0.2, 0) is 11.2 Å². The molecular weight excluding hydrogens is 344 g/mol. The first-order valence-electron chi connectivity index (χ1n) is 11.9. The number of rotatable bonds is 13. The van der Waals surface area contributed by atoms with Crippen LogP contribution in [0.15, 0.2) is 18.2 Å². The third-order valence-corrected chi connectivity index (χ3v) is 6.69. The molecule has 1 N–H and O–H groups in total. The van der Waals surface area contributed by atoms with Gasteiger partial charge in [-0.3, -0.25) is 4.79 Å². The van der Waals surface area contributed by atoms with E-state index in [4.69, 9.17) is 5.11 Å². The summed E-state index contributed by atoms with van der Waals surface area (Å²) in [5.74, 6) is 1.00. The van der Waals surface area contributed by atoms with Crippen molar-refractivity contribution in [3.63, 3.8) is 0 Å². The highest BCUT2D eigenvalue weighted by molar-refractivity contribution is 5.66. The van der Waals surface area contributed by atoms with Crippen LogP contribution in [0.2, 0.25) is 0 Å². The van der Waals surface area contributed by atoms with Crippen LogP contribution in [-0.4, -0.2) is 11.1 Å². The van der Waals surface area contributed by atoms with Gasteiger partial charge in [-0.1, -0.05) is 76.5 Å². The number of unbranched alkanes of at least 4 members (excludes halogenated alkanes) is 6. The van der Waals surface area contributed by atoms with Crippen molar-refractivity contribution >= 4 is 5.97 Å². The molecule has 1 aromatic rings. The Hall–Kier alpha value is -1.31. The van der Waals surface area contributed by atoms with E-state index in [1.165, 1.54) is 93.7 Å². The fourth-order valence-corrected chi connectivity index (χ4v) is 4.95. The van der Waals surface area contributed by atoms with E-state index >= 15 is 0 Å². The van der Waals surface area contributed by atoms with Crippen molar-refractivity contribution in [2.75, 3.05) is 0 Å². The van der Waals surface area contributed by atoms with Crippen molar-refractivity contribution in [1.82, 2.24) is 0 Å². The predicted molar refractivity (Wildman–Crippen MR) is 119 cm³/mol. The molecule has 1 saturated carbocycles. The van der Waals surface area contributed by atoms with Gasteiger partial charge in [0.25, 0.3) is 0 Å². The van der Waals surface area contributed by atoms with Crippen LogP contribution in [0.3, 0.4) is 0 Å². The molecule has 0 radical (unpaired) electrons. The Morgan fingerprint density at radius 3 is 2.29 bits per heavy atom. The largest absolute Gasteiger partial charge is 0.481 e. The molecule has 0 aromatic heterocycles. The van der Waals surface area contributed by atoms with Crippen LogP contribution < -0.4 is 0 Å². The van der Waals surface area contributed by atoms with Crippen molar-refractivity contribution in [3.8, 4) is 0 Å². The van der Waals surface area contributed by atoms with Crippen molar-refractivity contribution in [1.29, 1.82) is 0 Å². The minimum atomic E-state index is -0.693. The van der Waals surface area contributed by atoms with Gasteiger partial charge >= 0.3 is 5.97 Å². The average Bonchev–Trinajstić information content (AvgIpc) is 2.68. The van der Waals surface area contributed by atoms with Crippen molar-refractivity contribution in [2.24, 2.45) is 5.92 Å². The molecule has 0 saturated heterocycles. The van der Waals surface area contributed by atoms with Crippen LogP contribution in [0.5, 0.6) is 0 Å². The summed E-state index contributed by atoms with van der Waals surface area (Å²) in [6.07, 6.45) is 18.8. The van der Waals surface area contributed by atoms with E-state index in [0.717, 1.165) is 24.7 Å². The van der Waals surface area contributed by atoms with Crippen LogP contribution in [0.1, 0.15) is 119 Å². The Bertz CT molecular complexity index is 570.